The summed E-state index contributed by atoms with van der Waals surface area (Å²) in [5.74, 6) is 1.39. The predicted octanol–water partition coefficient (Wildman–Crippen LogP) is 3.45. The molecular formula is C13H13Cl2N3O. The van der Waals surface area contributed by atoms with Crippen molar-refractivity contribution in [3.63, 3.8) is 0 Å². The van der Waals surface area contributed by atoms with E-state index in [1.54, 1.807) is 7.11 Å². The zero-order chi connectivity index (χ0) is 13.7. The molecule has 0 unspecified atom stereocenters. The number of nitrogens with zero attached hydrogens (tertiary/aromatic N) is 2. The lowest BCUT2D eigenvalue weighted by Crippen LogP contribution is -2.07. The van der Waals surface area contributed by atoms with E-state index in [4.69, 9.17) is 27.9 Å². The molecule has 0 aliphatic carbocycles. The number of anilines is 1. The molecule has 0 fully saturated rings. The van der Waals surface area contributed by atoms with Crippen LogP contribution >= 0.6 is 23.2 Å². The van der Waals surface area contributed by atoms with Crippen molar-refractivity contribution in [2.75, 3.05) is 19.0 Å². The lowest BCUT2D eigenvalue weighted by molar-refractivity contribution is 0.414. The van der Waals surface area contributed by atoms with E-state index in [1.165, 1.54) is 11.8 Å². The van der Waals surface area contributed by atoms with Crippen LogP contribution in [-0.2, 0) is 6.42 Å². The van der Waals surface area contributed by atoms with E-state index in [0.717, 1.165) is 12.2 Å². The van der Waals surface area contributed by atoms with Gasteiger partial charge in [0.2, 0.25) is 5.28 Å². The Labute approximate surface area is 121 Å². The van der Waals surface area contributed by atoms with Crippen molar-refractivity contribution in [1.29, 1.82) is 0 Å². The minimum absolute atomic E-state index is 0.174. The third-order valence-electron chi connectivity index (χ3n) is 2.55. The number of hydrogen-bond acceptors (Lipinski definition) is 4. The van der Waals surface area contributed by atoms with Gasteiger partial charge in [-0.3, -0.25) is 0 Å². The van der Waals surface area contributed by atoms with E-state index < -0.39 is 0 Å². The number of halogens is 2. The molecule has 0 saturated heterocycles. The number of methoxy groups -OCH3 is 1. The lowest BCUT2D eigenvalue weighted by Gasteiger charge is -2.08. The fraction of sp³-hybridized carbons (Fsp3) is 0.231. The molecule has 19 heavy (non-hydrogen) atoms. The van der Waals surface area contributed by atoms with E-state index in [9.17, 15) is 0 Å². The maximum atomic E-state index is 5.96. The van der Waals surface area contributed by atoms with Crippen molar-refractivity contribution in [2.45, 2.75) is 6.42 Å². The largest absolute Gasteiger partial charge is 0.497 e. The molecule has 2 aromatic rings. The van der Waals surface area contributed by atoms with Gasteiger partial charge in [0.1, 0.15) is 16.6 Å². The van der Waals surface area contributed by atoms with Crippen LogP contribution in [-0.4, -0.2) is 23.6 Å². The Bertz CT molecular complexity index is 563. The molecule has 0 aliphatic heterocycles. The highest BCUT2D eigenvalue weighted by molar-refractivity contribution is 6.33. The normalized spacial score (nSPS) is 10.3. The average Bonchev–Trinajstić information content (AvgIpc) is 2.43. The zero-order valence-electron chi connectivity index (χ0n) is 10.4. The van der Waals surface area contributed by atoms with Gasteiger partial charge in [-0.2, -0.15) is 4.98 Å². The van der Waals surface area contributed by atoms with Crippen molar-refractivity contribution < 1.29 is 4.74 Å². The summed E-state index contributed by atoms with van der Waals surface area (Å²) in [6.45, 7) is 0.695. The smallest absolute Gasteiger partial charge is 0.224 e. The number of hydrogen-bond donors (Lipinski definition) is 1. The fourth-order valence-corrected chi connectivity index (χ4v) is 1.91. The summed E-state index contributed by atoms with van der Waals surface area (Å²) >= 11 is 11.7. The third kappa shape index (κ3) is 3.98. The summed E-state index contributed by atoms with van der Waals surface area (Å²) in [4.78, 5) is 7.82. The van der Waals surface area contributed by atoms with Crippen molar-refractivity contribution in [1.82, 2.24) is 9.97 Å². The number of benzene rings is 1. The standard InChI is InChI=1S/C13H13Cl2N3O/c1-19-10-4-2-3-9(7-10)5-6-16-12-11(14)8-17-13(15)18-12/h2-4,7-8H,5-6H2,1H3,(H,16,17,18). The molecule has 0 amide bonds. The first-order valence-corrected chi connectivity index (χ1v) is 6.49. The van der Waals surface area contributed by atoms with Gasteiger partial charge in [-0.1, -0.05) is 23.7 Å². The SMILES string of the molecule is COc1cccc(CCNc2nc(Cl)ncc2Cl)c1. The highest BCUT2D eigenvalue weighted by atomic mass is 35.5. The van der Waals surface area contributed by atoms with Crippen LogP contribution in [0.4, 0.5) is 5.82 Å². The van der Waals surface area contributed by atoms with E-state index in [0.29, 0.717) is 17.4 Å². The fourth-order valence-electron chi connectivity index (χ4n) is 1.62. The van der Waals surface area contributed by atoms with Crippen LogP contribution in [0.25, 0.3) is 0 Å². The van der Waals surface area contributed by atoms with E-state index in [1.807, 2.05) is 24.3 Å². The Balaban J connectivity index is 1.94. The molecule has 0 bridgehead atoms. The zero-order valence-corrected chi connectivity index (χ0v) is 11.9. The van der Waals surface area contributed by atoms with Gasteiger partial charge in [0, 0.05) is 6.54 Å². The van der Waals surface area contributed by atoms with Crippen molar-refractivity contribution >= 4 is 29.0 Å². The molecule has 0 radical (unpaired) electrons. The number of aromatic nitrogens is 2. The highest BCUT2D eigenvalue weighted by Crippen LogP contribution is 2.19. The molecule has 2 rings (SSSR count). The van der Waals surface area contributed by atoms with Crippen LogP contribution in [0.15, 0.2) is 30.5 Å². The van der Waals surface area contributed by atoms with Gasteiger partial charge in [-0.15, -0.1) is 0 Å². The molecule has 1 aromatic carbocycles. The number of nitrogens with one attached hydrogen (secondary N) is 1. The Morgan fingerprint density at radius 3 is 2.95 bits per heavy atom. The molecule has 1 heterocycles. The van der Waals surface area contributed by atoms with Crippen molar-refractivity contribution in [3.05, 3.63) is 46.3 Å². The molecule has 1 N–H and O–H groups in total. The summed E-state index contributed by atoms with van der Waals surface area (Å²) in [7, 11) is 1.65. The summed E-state index contributed by atoms with van der Waals surface area (Å²) in [6, 6.07) is 7.91. The topological polar surface area (TPSA) is 47.0 Å². The Morgan fingerprint density at radius 1 is 1.32 bits per heavy atom. The minimum Gasteiger partial charge on any atom is -0.497 e. The minimum atomic E-state index is 0.174. The van der Waals surface area contributed by atoms with Gasteiger partial charge in [0.15, 0.2) is 0 Å². The van der Waals surface area contributed by atoms with Crippen LogP contribution in [0, 0.1) is 0 Å². The Morgan fingerprint density at radius 2 is 2.16 bits per heavy atom. The van der Waals surface area contributed by atoms with E-state index in [2.05, 4.69) is 15.3 Å². The monoisotopic (exact) mass is 297 g/mol. The molecule has 1 aromatic heterocycles. The predicted molar refractivity (Wildman–Crippen MR) is 77.2 cm³/mol. The van der Waals surface area contributed by atoms with Crippen LogP contribution in [0.1, 0.15) is 5.56 Å². The van der Waals surface area contributed by atoms with Crippen LogP contribution in [0.5, 0.6) is 5.75 Å². The van der Waals surface area contributed by atoms with Gasteiger partial charge in [-0.25, -0.2) is 4.98 Å². The van der Waals surface area contributed by atoms with E-state index in [-0.39, 0.29) is 5.28 Å². The summed E-state index contributed by atoms with van der Waals surface area (Å²) in [6.07, 6.45) is 2.31. The maximum Gasteiger partial charge on any atom is 0.224 e. The molecular weight excluding hydrogens is 285 g/mol. The Kier molecular flexibility index (Phi) is 4.82. The molecule has 0 atom stereocenters. The second-order valence-electron chi connectivity index (χ2n) is 3.86. The summed E-state index contributed by atoms with van der Waals surface area (Å²) in [5, 5.41) is 3.76. The summed E-state index contributed by atoms with van der Waals surface area (Å²) < 4.78 is 5.17. The first kappa shape index (κ1) is 13.9. The van der Waals surface area contributed by atoms with Crippen LogP contribution < -0.4 is 10.1 Å². The van der Waals surface area contributed by atoms with Crippen LogP contribution in [0.3, 0.4) is 0 Å². The molecule has 6 heteroatoms. The average molecular weight is 298 g/mol. The van der Waals surface area contributed by atoms with Gasteiger partial charge < -0.3 is 10.1 Å². The van der Waals surface area contributed by atoms with Gasteiger partial charge >= 0.3 is 0 Å². The van der Waals surface area contributed by atoms with Crippen molar-refractivity contribution in [2.24, 2.45) is 0 Å². The quantitative estimate of drug-likeness (QED) is 0.859. The second-order valence-corrected chi connectivity index (χ2v) is 4.61. The molecule has 100 valence electrons. The number of rotatable bonds is 5. The highest BCUT2D eigenvalue weighted by Gasteiger charge is 2.03. The van der Waals surface area contributed by atoms with Gasteiger partial charge in [0.25, 0.3) is 0 Å². The third-order valence-corrected chi connectivity index (χ3v) is 3.01. The van der Waals surface area contributed by atoms with Crippen LogP contribution in [0.2, 0.25) is 10.3 Å². The van der Waals surface area contributed by atoms with Gasteiger partial charge in [-0.05, 0) is 35.7 Å². The maximum absolute atomic E-state index is 5.96. The molecule has 4 nitrogen and oxygen atoms in total. The second kappa shape index (κ2) is 6.59. The molecule has 0 spiro atoms. The summed E-state index contributed by atoms with van der Waals surface area (Å²) in [5.41, 5.74) is 1.17. The van der Waals surface area contributed by atoms with Crippen molar-refractivity contribution in [3.8, 4) is 5.75 Å². The first-order valence-electron chi connectivity index (χ1n) is 5.74. The first-order chi connectivity index (χ1) is 9.19. The number of ether oxygens (including phenoxy) is 1. The van der Waals surface area contributed by atoms with Gasteiger partial charge in [0.05, 0.1) is 13.3 Å². The van der Waals surface area contributed by atoms with E-state index >= 15 is 0 Å². The Hall–Kier alpha value is -1.52. The molecule has 0 saturated carbocycles. The molecule has 0 aliphatic rings. The lowest BCUT2D eigenvalue weighted by atomic mass is 10.1.